The molecule has 118 valence electrons. The maximum absolute atomic E-state index is 5.67. The molecule has 3 rings (SSSR count). The molecule has 1 aliphatic heterocycles. The first-order valence-electron chi connectivity index (χ1n) is 7.97. The number of ether oxygens (including phenoxy) is 1. The number of likely N-dealkylation sites (tertiary alicyclic amines) is 1. The van der Waals surface area contributed by atoms with E-state index >= 15 is 0 Å². The van der Waals surface area contributed by atoms with Crippen LogP contribution in [0.4, 0.5) is 0 Å². The summed E-state index contributed by atoms with van der Waals surface area (Å²) in [5.41, 5.74) is 1.18. The fraction of sp³-hybridized carbons (Fsp3) is 0.529. The summed E-state index contributed by atoms with van der Waals surface area (Å²) < 4.78 is 11.1. The van der Waals surface area contributed by atoms with Gasteiger partial charge in [-0.05, 0) is 32.0 Å². The predicted octanol–water partition coefficient (Wildman–Crippen LogP) is 2.99. The highest BCUT2D eigenvalue weighted by atomic mass is 16.5. The first kappa shape index (κ1) is 15.2. The molecule has 2 aromatic rings. The van der Waals surface area contributed by atoms with E-state index in [1.165, 1.54) is 18.4 Å². The van der Waals surface area contributed by atoms with Crippen molar-refractivity contribution >= 4 is 0 Å². The Morgan fingerprint density at radius 3 is 2.95 bits per heavy atom. The molecule has 5 heteroatoms. The lowest BCUT2D eigenvalue weighted by atomic mass is 10.0. The molecular weight excluding hydrogens is 278 g/mol. The van der Waals surface area contributed by atoms with E-state index in [9.17, 15) is 0 Å². The Morgan fingerprint density at radius 2 is 2.14 bits per heavy atom. The summed E-state index contributed by atoms with van der Waals surface area (Å²) >= 11 is 0. The van der Waals surface area contributed by atoms with Crippen LogP contribution in [0.5, 0.6) is 0 Å². The van der Waals surface area contributed by atoms with Crippen LogP contribution in [-0.4, -0.2) is 35.2 Å². The second-order valence-corrected chi connectivity index (χ2v) is 5.83. The fourth-order valence-electron chi connectivity index (χ4n) is 2.82. The Bertz CT molecular complexity index is 570. The van der Waals surface area contributed by atoms with Gasteiger partial charge in [0, 0.05) is 6.42 Å². The summed E-state index contributed by atoms with van der Waals surface area (Å²) in [6.45, 7) is 2.33. The minimum Gasteiger partial charge on any atom is -0.376 e. The number of hydrogen-bond donors (Lipinski definition) is 0. The highest BCUT2D eigenvalue weighted by Gasteiger charge is 2.25. The predicted molar refractivity (Wildman–Crippen MR) is 83.3 cm³/mol. The van der Waals surface area contributed by atoms with Crippen molar-refractivity contribution in [1.29, 1.82) is 0 Å². The Kier molecular flexibility index (Phi) is 5.19. The van der Waals surface area contributed by atoms with Gasteiger partial charge in [-0.2, -0.15) is 4.98 Å². The van der Waals surface area contributed by atoms with Crippen molar-refractivity contribution in [3.8, 4) is 0 Å². The van der Waals surface area contributed by atoms with Crippen LogP contribution in [-0.2, 0) is 17.8 Å². The SMILES string of the molecule is CN1CCCCC1c1nc(CCOCc2ccccc2)no1. The van der Waals surface area contributed by atoms with Crippen molar-refractivity contribution < 1.29 is 9.26 Å². The summed E-state index contributed by atoms with van der Waals surface area (Å²) in [7, 11) is 2.12. The van der Waals surface area contributed by atoms with Crippen molar-refractivity contribution in [3.63, 3.8) is 0 Å². The molecule has 0 bridgehead atoms. The van der Waals surface area contributed by atoms with E-state index in [1.54, 1.807) is 0 Å². The zero-order valence-corrected chi connectivity index (χ0v) is 13.1. The number of piperidine rings is 1. The summed E-state index contributed by atoms with van der Waals surface area (Å²) in [6, 6.07) is 10.4. The van der Waals surface area contributed by atoms with Gasteiger partial charge in [-0.1, -0.05) is 41.9 Å². The normalized spacial score (nSPS) is 19.4. The van der Waals surface area contributed by atoms with Gasteiger partial charge in [-0.3, -0.25) is 4.90 Å². The molecule has 0 amide bonds. The van der Waals surface area contributed by atoms with Crippen LogP contribution in [0.25, 0.3) is 0 Å². The van der Waals surface area contributed by atoms with Gasteiger partial charge in [0.2, 0.25) is 5.89 Å². The standard InChI is InChI=1S/C17H23N3O2/c1-20-11-6-5-9-15(20)17-18-16(19-22-17)10-12-21-13-14-7-3-2-4-8-14/h2-4,7-8,15H,5-6,9-13H2,1H3. The quantitative estimate of drug-likeness (QED) is 0.768. The van der Waals surface area contributed by atoms with Gasteiger partial charge >= 0.3 is 0 Å². The molecule has 1 fully saturated rings. The van der Waals surface area contributed by atoms with Crippen LogP contribution in [0.15, 0.2) is 34.9 Å². The number of benzene rings is 1. The van der Waals surface area contributed by atoms with Gasteiger partial charge in [0.25, 0.3) is 0 Å². The molecule has 22 heavy (non-hydrogen) atoms. The molecule has 0 saturated carbocycles. The molecular formula is C17H23N3O2. The van der Waals surface area contributed by atoms with Crippen LogP contribution in [0.3, 0.4) is 0 Å². The fourth-order valence-corrected chi connectivity index (χ4v) is 2.82. The molecule has 1 unspecified atom stereocenters. The number of nitrogens with zero attached hydrogens (tertiary/aromatic N) is 3. The van der Waals surface area contributed by atoms with Crippen molar-refractivity contribution in [2.75, 3.05) is 20.2 Å². The molecule has 0 radical (unpaired) electrons. The van der Waals surface area contributed by atoms with Gasteiger partial charge in [-0.25, -0.2) is 0 Å². The highest BCUT2D eigenvalue weighted by molar-refractivity contribution is 5.13. The topological polar surface area (TPSA) is 51.4 Å². The average Bonchev–Trinajstić information content (AvgIpc) is 3.02. The number of hydrogen-bond acceptors (Lipinski definition) is 5. The zero-order chi connectivity index (χ0) is 15.2. The minimum atomic E-state index is 0.278. The lowest BCUT2D eigenvalue weighted by molar-refractivity contribution is 0.122. The number of aromatic nitrogens is 2. The molecule has 0 spiro atoms. The first-order valence-corrected chi connectivity index (χ1v) is 7.97. The van der Waals surface area contributed by atoms with E-state index in [0.29, 0.717) is 19.6 Å². The third-order valence-electron chi connectivity index (χ3n) is 4.12. The van der Waals surface area contributed by atoms with Gasteiger partial charge in [-0.15, -0.1) is 0 Å². The van der Waals surface area contributed by atoms with E-state index < -0.39 is 0 Å². The molecule has 1 aromatic carbocycles. The van der Waals surface area contributed by atoms with Gasteiger partial charge in [0.15, 0.2) is 5.82 Å². The molecule has 1 atom stereocenters. The lowest BCUT2D eigenvalue weighted by Gasteiger charge is -2.29. The Labute approximate surface area is 131 Å². The molecule has 1 aliphatic rings. The van der Waals surface area contributed by atoms with Crippen LogP contribution >= 0.6 is 0 Å². The monoisotopic (exact) mass is 301 g/mol. The van der Waals surface area contributed by atoms with Gasteiger partial charge < -0.3 is 9.26 Å². The van der Waals surface area contributed by atoms with Crippen molar-refractivity contribution in [2.24, 2.45) is 0 Å². The molecule has 0 aliphatic carbocycles. The van der Waals surface area contributed by atoms with Crippen LogP contribution in [0.1, 0.15) is 42.6 Å². The van der Waals surface area contributed by atoms with E-state index in [1.807, 2.05) is 18.2 Å². The summed E-state index contributed by atoms with van der Waals surface area (Å²) in [6.07, 6.45) is 4.27. The van der Waals surface area contributed by atoms with E-state index in [2.05, 4.69) is 34.2 Å². The van der Waals surface area contributed by atoms with E-state index in [0.717, 1.165) is 24.7 Å². The van der Waals surface area contributed by atoms with Crippen molar-refractivity contribution in [2.45, 2.75) is 38.3 Å². The molecule has 2 heterocycles. The smallest absolute Gasteiger partial charge is 0.243 e. The van der Waals surface area contributed by atoms with Crippen LogP contribution in [0.2, 0.25) is 0 Å². The third-order valence-corrected chi connectivity index (χ3v) is 4.12. The van der Waals surface area contributed by atoms with Crippen LogP contribution in [0, 0.1) is 0 Å². The second-order valence-electron chi connectivity index (χ2n) is 5.83. The largest absolute Gasteiger partial charge is 0.376 e. The van der Waals surface area contributed by atoms with Crippen molar-refractivity contribution in [3.05, 3.63) is 47.6 Å². The maximum atomic E-state index is 5.67. The highest BCUT2D eigenvalue weighted by Crippen LogP contribution is 2.28. The van der Waals surface area contributed by atoms with E-state index in [-0.39, 0.29) is 6.04 Å². The average molecular weight is 301 g/mol. The van der Waals surface area contributed by atoms with Gasteiger partial charge in [0.05, 0.1) is 19.3 Å². The molecule has 5 nitrogen and oxygen atoms in total. The second kappa shape index (κ2) is 7.51. The Balaban J connectivity index is 1.45. The maximum Gasteiger partial charge on any atom is 0.243 e. The molecule has 0 N–H and O–H groups in total. The third kappa shape index (κ3) is 3.93. The number of rotatable bonds is 6. The molecule has 1 saturated heterocycles. The van der Waals surface area contributed by atoms with Crippen LogP contribution < -0.4 is 0 Å². The Morgan fingerprint density at radius 1 is 1.27 bits per heavy atom. The molecule has 1 aromatic heterocycles. The van der Waals surface area contributed by atoms with E-state index in [4.69, 9.17) is 9.26 Å². The Hall–Kier alpha value is -1.72. The zero-order valence-electron chi connectivity index (χ0n) is 13.1. The van der Waals surface area contributed by atoms with Gasteiger partial charge in [0.1, 0.15) is 0 Å². The first-order chi connectivity index (χ1) is 10.8. The van der Waals surface area contributed by atoms with Crippen molar-refractivity contribution in [1.82, 2.24) is 15.0 Å². The summed E-state index contributed by atoms with van der Waals surface area (Å²) in [5.74, 6) is 1.49. The lowest BCUT2D eigenvalue weighted by Crippen LogP contribution is -2.29. The summed E-state index contributed by atoms with van der Waals surface area (Å²) in [5, 5.41) is 4.08. The summed E-state index contributed by atoms with van der Waals surface area (Å²) in [4.78, 5) is 6.83. The minimum absolute atomic E-state index is 0.278.